The molecular weight excluding hydrogens is 332 g/mol. The van der Waals surface area contributed by atoms with Crippen molar-refractivity contribution >= 4 is 42.4 Å². The predicted molar refractivity (Wildman–Crippen MR) is 88.4 cm³/mol. The summed E-state index contributed by atoms with van der Waals surface area (Å²) in [6, 6.07) is 14.8. The minimum absolute atomic E-state index is 1.03. The van der Waals surface area contributed by atoms with Crippen LogP contribution in [0, 0.1) is 6.92 Å². The third-order valence-electron chi connectivity index (χ3n) is 3.40. The first kappa shape index (κ1) is 12.1. The largest absolute Gasteiger partial charge is 0.290 e. The van der Waals surface area contributed by atoms with Crippen LogP contribution in [0.1, 0.15) is 5.56 Å². The Kier molecular flexibility index (Phi) is 2.69. The molecule has 4 heteroatoms. The van der Waals surface area contributed by atoms with E-state index in [4.69, 9.17) is 4.98 Å². The normalized spacial score (nSPS) is 11.5. The van der Waals surface area contributed by atoms with Crippen LogP contribution in [-0.4, -0.2) is 9.38 Å². The van der Waals surface area contributed by atoms with E-state index in [2.05, 4.69) is 75.9 Å². The fraction of sp³-hybridized carbons (Fsp3) is 0.0625. The molecule has 4 aromatic rings. The molecule has 0 amide bonds. The fourth-order valence-corrected chi connectivity index (χ4v) is 3.67. The molecular formula is C16H11BrN2S. The number of fused-ring (bicyclic) bond motifs is 3. The molecule has 20 heavy (non-hydrogen) atoms. The summed E-state index contributed by atoms with van der Waals surface area (Å²) in [7, 11) is 0. The number of aromatic nitrogens is 2. The van der Waals surface area contributed by atoms with Gasteiger partial charge < -0.3 is 0 Å². The molecule has 2 aromatic carbocycles. The molecule has 0 aliphatic heterocycles. The van der Waals surface area contributed by atoms with Gasteiger partial charge in [0.15, 0.2) is 4.96 Å². The maximum absolute atomic E-state index is 4.75. The minimum Gasteiger partial charge on any atom is -0.290 e. The third-order valence-corrected chi connectivity index (χ3v) is 4.93. The molecule has 0 saturated heterocycles. The van der Waals surface area contributed by atoms with Gasteiger partial charge in [-0.25, -0.2) is 4.98 Å². The van der Waals surface area contributed by atoms with Crippen molar-refractivity contribution in [3.05, 3.63) is 58.7 Å². The summed E-state index contributed by atoms with van der Waals surface area (Å²) in [6.45, 7) is 2.10. The highest BCUT2D eigenvalue weighted by molar-refractivity contribution is 9.10. The summed E-state index contributed by atoms with van der Waals surface area (Å²) in [5, 5.41) is 0. The van der Waals surface area contributed by atoms with Crippen LogP contribution in [0.25, 0.3) is 26.4 Å². The van der Waals surface area contributed by atoms with Crippen molar-refractivity contribution in [2.75, 3.05) is 0 Å². The van der Waals surface area contributed by atoms with E-state index in [9.17, 15) is 0 Å². The van der Waals surface area contributed by atoms with E-state index in [1.165, 1.54) is 15.8 Å². The van der Waals surface area contributed by atoms with Crippen LogP contribution in [0.5, 0.6) is 0 Å². The lowest BCUT2D eigenvalue weighted by molar-refractivity contribution is 1.29. The van der Waals surface area contributed by atoms with Gasteiger partial charge in [0.1, 0.15) is 0 Å². The molecule has 98 valence electrons. The van der Waals surface area contributed by atoms with Crippen LogP contribution in [-0.2, 0) is 0 Å². The van der Waals surface area contributed by atoms with Crippen LogP contribution in [0.2, 0.25) is 0 Å². The van der Waals surface area contributed by atoms with Crippen molar-refractivity contribution in [3.63, 3.8) is 0 Å². The number of nitrogens with zero attached hydrogens (tertiary/aromatic N) is 2. The Morgan fingerprint density at radius 3 is 2.70 bits per heavy atom. The molecule has 4 rings (SSSR count). The van der Waals surface area contributed by atoms with Gasteiger partial charge in [-0.05, 0) is 25.1 Å². The Bertz CT molecular complexity index is 919. The molecule has 0 unspecified atom stereocenters. The average Bonchev–Trinajstić information content (AvgIpc) is 2.98. The summed E-state index contributed by atoms with van der Waals surface area (Å²) < 4.78 is 4.52. The summed E-state index contributed by atoms with van der Waals surface area (Å²) in [5.74, 6) is 0. The van der Waals surface area contributed by atoms with Crippen molar-refractivity contribution in [1.29, 1.82) is 0 Å². The van der Waals surface area contributed by atoms with Crippen LogP contribution in [0.4, 0.5) is 0 Å². The first-order valence-electron chi connectivity index (χ1n) is 6.35. The molecule has 0 bridgehead atoms. The van der Waals surface area contributed by atoms with Crippen molar-refractivity contribution in [3.8, 4) is 11.3 Å². The average molecular weight is 343 g/mol. The van der Waals surface area contributed by atoms with E-state index in [0.717, 1.165) is 20.7 Å². The Morgan fingerprint density at radius 2 is 1.90 bits per heavy atom. The van der Waals surface area contributed by atoms with Crippen LogP contribution in [0.3, 0.4) is 0 Å². The van der Waals surface area contributed by atoms with Gasteiger partial charge in [0.05, 0.1) is 15.9 Å². The zero-order valence-corrected chi connectivity index (χ0v) is 13.2. The predicted octanol–water partition coefficient (Wildman–Crippen LogP) is 5.29. The SMILES string of the molecule is Cc1ccc(-c2cn3c(n2)sc2ccc(Br)cc23)cc1. The van der Waals surface area contributed by atoms with Crippen LogP contribution >= 0.6 is 27.3 Å². The van der Waals surface area contributed by atoms with Gasteiger partial charge in [-0.15, -0.1) is 0 Å². The van der Waals surface area contributed by atoms with Crippen molar-refractivity contribution < 1.29 is 0 Å². The highest BCUT2D eigenvalue weighted by Gasteiger charge is 2.10. The van der Waals surface area contributed by atoms with E-state index in [1.54, 1.807) is 11.3 Å². The molecule has 2 nitrogen and oxygen atoms in total. The number of rotatable bonds is 1. The highest BCUT2D eigenvalue weighted by Crippen LogP contribution is 2.31. The quantitative estimate of drug-likeness (QED) is 0.459. The summed E-state index contributed by atoms with van der Waals surface area (Å²) >= 11 is 5.25. The smallest absolute Gasteiger partial charge is 0.195 e. The molecule has 0 aliphatic carbocycles. The standard InChI is InChI=1S/C16H11BrN2S/c1-10-2-4-11(5-3-10)13-9-19-14-8-12(17)6-7-15(14)20-16(19)18-13/h2-9H,1H3. The maximum Gasteiger partial charge on any atom is 0.195 e. The number of thiazole rings is 1. The van der Waals surface area contributed by atoms with Crippen LogP contribution < -0.4 is 0 Å². The second kappa shape index (κ2) is 4.43. The molecule has 0 spiro atoms. The molecule has 0 N–H and O–H groups in total. The minimum atomic E-state index is 1.03. The van der Waals surface area contributed by atoms with Gasteiger partial charge in [0.25, 0.3) is 0 Å². The lowest BCUT2D eigenvalue weighted by atomic mass is 10.1. The third kappa shape index (κ3) is 1.87. The van der Waals surface area contributed by atoms with Gasteiger partial charge >= 0.3 is 0 Å². The van der Waals surface area contributed by atoms with E-state index in [-0.39, 0.29) is 0 Å². The molecule has 2 heterocycles. The molecule has 0 fully saturated rings. The number of benzene rings is 2. The van der Waals surface area contributed by atoms with E-state index in [0.29, 0.717) is 0 Å². The van der Waals surface area contributed by atoms with E-state index < -0.39 is 0 Å². The molecule has 0 aliphatic rings. The van der Waals surface area contributed by atoms with Crippen molar-refractivity contribution in [1.82, 2.24) is 9.38 Å². The number of hydrogen-bond acceptors (Lipinski definition) is 2. The number of halogens is 1. The Hall–Kier alpha value is -1.65. The number of imidazole rings is 1. The molecule has 0 saturated carbocycles. The van der Waals surface area contributed by atoms with Crippen molar-refractivity contribution in [2.24, 2.45) is 0 Å². The second-order valence-electron chi connectivity index (χ2n) is 4.86. The summed E-state index contributed by atoms with van der Waals surface area (Å²) in [4.78, 5) is 5.78. The zero-order valence-electron chi connectivity index (χ0n) is 10.8. The summed E-state index contributed by atoms with van der Waals surface area (Å²) in [6.07, 6.45) is 2.12. The van der Waals surface area contributed by atoms with E-state index >= 15 is 0 Å². The van der Waals surface area contributed by atoms with Gasteiger partial charge in [-0.1, -0.05) is 57.1 Å². The lowest BCUT2D eigenvalue weighted by Gasteiger charge is -1.97. The fourth-order valence-electron chi connectivity index (χ4n) is 2.33. The number of aryl methyl sites for hydroxylation is 1. The number of hydrogen-bond donors (Lipinski definition) is 0. The Labute approximate surface area is 128 Å². The first-order chi connectivity index (χ1) is 9.70. The topological polar surface area (TPSA) is 17.3 Å². The van der Waals surface area contributed by atoms with Gasteiger partial charge in [0, 0.05) is 16.2 Å². The van der Waals surface area contributed by atoms with Crippen molar-refractivity contribution in [2.45, 2.75) is 6.92 Å². The second-order valence-corrected chi connectivity index (χ2v) is 6.78. The zero-order chi connectivity index (χ0) is 13.7. The maximum atomic E-state index is 4.75. The summed E-state index contributed by atoms with van der Waals surface area (Å²) in [5.41, 5.74) is 4.65. The highest BCUT2D eigenvalue weighted by atomic mass is 79.9. The van der Waals surface area contributed by atoms with E-state index in [1.807, 2.05) is 0 Å². The molecule has 0 radical (unpaired) electrons. The Morgan fingerprint density at radius 1 is 1.10 bits per heavy atom. The lowest BCUT2D eigenvalue weighted by Crippen LogP contribution is -1.78. The monoisotopic (exact) mass is 342 g/mol. The van der Waals surface area contributed by atoms with Gasteiger partial charge in [0.2, 0.25) is 0 Å². The molecule has 2 aromatic heterocycles. The first-order valence-corrected chi connectivity index (χ1v) is 7.96. The van der Waals surface area contributed by atoms with Gasteiger partial charge in [-0.3, -0.25) is 4.40 Å². The Balaban J connectivity index is 1.94. The van der Waals surface area contributed by atoms with Crippen LogP contribution in [0.15, 0.2) is 53.1 Å². The van der Waals surface area contributed by atoms with Gasteiger partial charge in [-0.2, -0.15) is 0 Å². The molecule has 0 atom stereocenters.